The van der Waals surface area contributed by atoms with Gasteiger partial charge in [-0.3, -0.25) is 0 Å². The van der Waals surface area contributed by atoms with Crippen LogP contribution in [0.2, 0.25) is 0 Å². The van der Waals surface area contributed by atoms with Crippen molar-refractivity contribution >= 4 is 22.1 Å². The fourth-order valence-corrected chi connectivity index (χ4v) is 2.99. The van der Waals surface area contributed by atoms with Gasteiger partial charge in [0, 0.05) is 22.3 Å². The minimum absolute atomic E-state index is 0.206. The number of rotatable bonds is 7. The Labute approximate surface area is 168 Å². The van der Waals surface area contributed by atoms with Crippen LogP contribution in [0.1, 0.15) is 42.7 Å². The minimum atomic E-state index is -0.992. The first-order valence-electron chi connectivity index (χ1n) is 9.30. The van der Waals surface area contributed by atoms with Crippen molar-refractivity contribution in [2.24, 2.45) is 0 Å². The average Bonchev–Trinajstić information content (AvgIpc) is 2.73. The maximum atomic E-state index is 14.1. The predicted molar refractivity (Wildman–Crippen MR) is 109 cm³/mol. The smallest absolute Gasteiger partial charge is 0.181 e. The molecule has 6 heteroatoms. The van der Waals surface area contributed by atoms with Crippen molar-refractivity contribution in [2.45, 2.75) is 26.1 Å². The summed E-state index contributed by atoms with van der Waals surface area (Å²) in [5.74, 6) is -0.454. The Hall–Kier alpha value is -3.45. The summed E-state index contributed by atoms with van der Waals surface area (Å²) in [4.78, 5) is 0. The third-order valence-corrected chi connectivity index (χ3v) is 4.54. The van der Waals surface area contributed by atoms with E-state index in [2.05, 4.69) is 5.32 Å². The number of nitrogens with zero attached hydrogens (tertiary/aromatic N) is 2. The highest BCUT2D eigenvalue weighted by molar-refractivity contribution is 5.97. The fraction of sp³-hybridized carbons (Fsp3) is 0.217. The van der Waals surface area contributed by atoms with Crippen molar-refractivity contribution < 1.29 is 14.2 Å². The van der Waals surface area contributed by atoms with Crippen molar-refractivity contribution in [1.82, 2.24) is 0 Å². The predicted octanol–water partition coefficient (Wildman–Crippen LogP) is 5.27. The van der Waals surface area contributed by atoms with Crippen molar-refractivity contribution in [3.05, 3.63) is 71.0 Å². The second-order valence-corrected chi connectivity index (χ2v) is 6.62. The lowest BCUT2D eigenvalue weighted by Gasteiger charge is -2.14. The van der Waals surface area contributed by atoms with Crippen molar-refractivity contribution in [1.29, 1.82) is 10.5 Å². The number of hydrogen-bond donors (Lipinski definition) is 2. The van der Waals surface area contributed by atoms with Crippen molar-refractivity contribution in [3.63, 3.8) is 0 Å². The maximum Gasteiger partial charge on any atom is 0.181 e. The average molecular weight is 389 g/mol. The molecule has 0 bridgehead atoms. The Morgan fingerprint density at radius 2 is 1.76 bits per heavy atom. The number of aliphatic hydroxyl groups excluding tert-OH is 1. The summed E-state index contributed by atoms with van der Waals surface area (Å²) < 4.78 is 19.5. The van der Waals surface area contributed by atoms with Gasteiger partial charge in [0.15, 0.2) is 6.29 Å². The first-order valence-corrected chi connectivity index (χ1v) is 9.30. The van der Waals surface area contributed by atoms with Gasteiger partial charge in [-0.25, -0.2) is 4.39 Å². The molecule has 0 saturated heterocycles. The number of hydrogen-bond acceptors (Lipinski definition) is 5. The molecule has 0 aromatic heterocycles. The molecule has 1 unspecified atom stereocenters. The van der Waals surface area contributed by atoms with Crippen molar-refractivity contribution in [3.8, 4) is 12.1 Å². The molecular formula is C23H20FN3O2. The number of nitrogens with one attached hydrogen (secondary N) is 1. The van der Waals surface area contributed by atoms with Gasteiger partial charge in [-0.15, -0.1) is 0 Å². The molecule has 0 aliphatic rings. The highest BCUT2D eigenvalue weighted by Gasteiger charge is 2.11. The van der Waals surface area contributed by atoms with E-state index >= 15 is 0 Å². The first-order chi connectivity index (χ1) is 14.0. The quantitative estimate of drug-likeness (QED) is 0.424. The molecule has 0 aliphatic heterocycles. The number of ether oxygens (including phenoxy) is 1. The van der Waals surface area contributed by atoms with Crippen molar-refractivity contribution in [2.75, 3.05) is 11.9 Å². The molecule has 5 nitrogen and oxygen atoms in total. The summed E-state index contributed by atoms with van der Waals surface area (Å²) >= 11 is 0. The zero-order valence-electron chi connectivity index (χ0n) is 15.9. The molecule has 0 fully saturated rings. The maximum absolute atomic E-state index is 14.1. The summed E-state index contributed by atoms with van der Waals surface area (Å²) in [7, 11) is 0. The lowest BCUT2D eigenvalue weighted by molar-refractivity contribution is -0.103. The van der Waals surface area contributed by atoms with Crippen LogP contribution in [0, 0.1) is 28.5 Å². The van der Waals surface area contributed by atoms with Crippen LogP contribution in [-0.4, -0.2) is 11.7 Å². The van der Waals surface area contributed by atoms with E-state index in [1.54, 1.807) is 30.3 Å². The summed E-state index contributed by atoms with van der Waals surface area (Å²) in [5, 5.41) is 32.8. The van der Waals surface area contributed by atoms with Crippen LogP contribution in [-0.2, 0) is 4.74 Å². The molecule has 0 aliphatic carbocycles. The van der Waals surface area contributed by atoms with E-state index in [1.807, 2.05) is 19.1 Å². The molecule has 0 saturated carbocycles. The van der Waals surface area contributed by atoms with Crippen LogP contribution in [0.3, 0.4) is 0 Å². The highest BCUT2D eigenvalue weighted by Crippen LogP contribution is 2.30. The Bertz CT molecular complexity index is 1100. The molecule has 0 spiro atoms. The van der Waals surface area contributed by atoms with Crippen LogP contribution in [0.5, 0.6) is 0 Å². The first kappa shape index (κ1) is 20.3. The number of halogens is 1. The van der Waals surface area contributed by atoms with Gasteiger partial charge in [0.1, 0.15) is 18.0 Å². The van der Waals surface area contributed by atoms with E-state index < -0.39 is 12.1 Å². The molecule has 3 rings (SSSR count). The number of benzene rings is 3. The van der Waals surface area contributed by atoms with Gasteiger partial charge in [0.05, 0.1) is 17.7 Å². The molecule has 146 valence electrons. The van der Waals surface area contributed by atoms with E-state index in [1.165, 1.54) is 18.2 Å². The van der Waals surface area contributed by atoms with Crippen LogP contribution in [0.15, 0.2) is 48.5 Å². The lowest BCUT2D eigenvalue weighted by atomic mass is 10.0. The van der Waals surface area contributed by atoms with Crippen LogP contribution >= 0.6 is 0 Å². The standard InChI is InChI=1S/C23H20FN3O2/c1-2-3-8-29-23(28)15-4-6-20(7-5-15)27-22-12-19(24)10-16-9-17(13-25)18(14-26)11-21(16)22/h4-7,9-12,23,27-28H,2-3,8H2,1H3. The molecule has 3 aromatic rings. The summed E-state index contributed by atoms with van der Waals surface area (Å²) in [6.45, 7) is 2.53. The number of unbranched alkanes of at least 4 members (excludes halogenated alkanes) is 1. The zero-order chi connectivity index (χ0) is 20.8. The van der Waals surface area contributed by atoms with Crippen LogP contribution in [0.4, 0.5) is 15.8 Å². The number of anilines is 2. The van der Waals surface area contributed by atoms with Gasteiger partial charge < -0.3 is 15.2 Å². The molecule has 0 heterocycles. The van der Waals surface area contributed by atoms with Crippen LogP contribution < -0.4 is 5.32 Å². The Kier molecular flexibility index (Phi) is 6.41. The van der Waals surface area contributed by atoms with Gasteiger partial charge in [-0.2, -0.15) is 10.5 Å². The molecule has 0 radical (unpaired) electrons. The SMILES string of the molecule is CCCCOC(O)c1ccc(Nc2cc(F)cc3cc(C#N)c(C#N)cc23)cc1. The van der Waals surface area contributed by atoms with Gasteiger partial charge in [0.25, 0.3) is 0 Å². The molecule has 1 atom stereocenters. The lowest BCUT2D eigenvalue weighted by Crippen LogP contribution is -2.04. The number of fused-ring (bicyclic) bond motifs is 1. The Morgan fingerprint density at radius 3 is 2.41 bits per heavy atom. The van der Waals surface area contributed by atoms with Gasteiger partial charge in [0.2, 0.25) is 0 Å². The van der Waals surface area contributed by atoms with Gasteiger partial charge in [-0.05, 0) is 48.2 Å². The molecule has 3 aromatic carbocycles. The second-order valence-electron chi connectivity index (χ2n) is 6.62. The number of nitriles is 2. The molecule has 29 heavy (non-hydrogen) atoms. The largest absolute Gasteiger partial charge is 0.364 e. The second kappa shape index (κ2) is 9.16. The summed E-state index contributed by atoms with van der Waals surface area (Å²) in [6, 6.07) is 16.7. The third-order valence-electron chi connectivity index (χ3n) is 4.54. The summed E-state index contributed by atoms with van der Waals surface area (Å²) in [6.07, 6.45) is 0.871. The van der Waals surface area contributed by atoms with Gasteiger partial charge >= 0.3 is 0 Å². The van der Waals surface area contributed by atoms with Gasteiger partial charge in [-0.1, -0.05) is 25.5 Å². The number of aliphatic hydroxyl groups is 1. The van der Waals surface area contributed by atoms with Crippen LogP contribution in [0.25, 0.3) is 10.8 Å². The minimum Gasteiger partial charge on any atom is -0.364 e. The molecular weight excluding hydrogens is 369 g/mol. The van der Waals surface area contributed by atoms with E-state index in [-0.39, 0.29) is 11.1 Å². The summed E-state index contributed by atoms with van der Waals surface area (Å²) in [5.41, 5.74) is 2.23. The van der Waals surface area contributed by atoms with E-state index in [0.717, 1.165) is 12.8 Å². The highest BCUT2D eigenvalue weighted by atomic mass is 19.1. The topological polar surface area (TPSA) is 89.1 Å². The Balaban J connectivity index is 1.88. The van der Waals surface area contributed by atoms with E-state index in [0.29, 0.717) is 34.3 Å². The Morgan fingerprint density at radius 1 is 1.07 bits per heavy atom. The monoisotopic (exact) mass is 389 g/mol. The zero-order valence-corrected chi connectivity index (χ0v) is 15.9. The normalized spacial score (nSPS) is 11.6. The van der Waals surface area contributed by atoms with E-state index in [4.69, 9.17) is 4.74 Å². The molecule has 0 amide bonds. The fourth-order valence-electron chi connectivity index (χ4n) is 2.99. The van der Waals surface area contributed by atoms with E-state index in [9.17, 15) is 20.0 Å². The molecule has 2 N–H and O–H groups in total. The third kappa shape index (κ3) is 4.70.